The van der Waals surface area contributed by atoms with Crippen molar-refractivity contribution < 1.29 is 5.11 Å². The molecule has 0 aliphatic heterocycles. The largest absolute Gasteiger partial charge is 0.393 e. The second-order valence-electron chi connectivity index (χ2n) is 5.75. The lowest BCUT2D eigenvalue weighted by molar-refractivity contribution is 0.0966. The molecule has 0 amide bonds. The van der Waals surface area contributed by atoms with Crippen molar-refractivity contribution in [2.75, 3.05) is 0 Å². The molecule has 0 heterocycles. The number of benzene rings is 1. The van der Waals surface area contributed by atoms with Gasteiger partial charge in [0.15, 0.2) is 0 Å². The summed E-state index contributed by atoms with van der Waals surface area (Å²) in [4.78, 5) is 0. The Hall–Kier alpha value is -0.860. The molecule has 3 rings (SSSR count). The lowest BCUT2D eigenvalue weighted by Gasteiger charge is -2.37. The van der Waals surface area contributed by atoms with Crippen LogP contribution in [0.2, 0.25) is 0 Å². The van der Waals surface area contributed by atoms with Crippen LogP contribution >= 0.6 is 0 Å². The van der Waals surface area contributed by atoms with E-state index in [-0.39, 0.29) is 11.6 Å². The maximum Gasteiger partial charge on any atom is 0.0541 e. The Kier molecular flexibility index (Phi) is 2.72. The van der Waals surface area contributed by atoms with E-state index in [9.17, 15) is 5.11 Å². The highest BCUT2D eigenvalue weighted by Gasteiger charge is 2.37. The molecule has 0 atom stereocenters. The normalized spacial score (nSPS) is 33.6. The van der Waals surface area contributed by atoms with Gasteiger partial charge in [-0.2, -0.15) is 0 Å². The van der Waals surface area contributed by atoms with Crippen molar-refractivity contribution in [1.82, 2.24) is 0 Å². The number of aliphatic hydroxyl groups excluding tert-OH is 1. The van der Waals surface area contributed by atoms with E-state index in [0.717, 1.165) is 31.6 Å². The Labute approximate surface area is 103 Å². The third kappa shape index (κ3) is 2.12. The van der Waals surface area contributed by atoms with Crippen LogP contribution in [0.3, 0.4) is 0 Å². The van der Waals surface area contributed by atoms with Crippen LogP contribution in [0.25, 0.3) is 0 Å². The van der Waals surface area contributed by atoms with Crippen LogP contribution in [-0.2, 0) is 5.54 Å². The van der Waals surface area contributed by atoms with Crippen LogP contribution in [0.15, 0.2) is 24.3 Å². The Bertz CT molecular complexity index is 403. The van der Waals surface area contributed by atoms with Gasteiger partial charge in [-0.3, -0.25) is 0 Å². The van der Waals surface area contributed by atoms with Crippen molar-refractivity contribution in [1.29, 1.82) is 0 Å². The molecule has 2 heteroatoms. The molecule has 1 aromatic rings. The van der Waals surface area contributed by atoms with E-state index < -0.39 is 0 Å². The summed E-state index contributed by atoms with van der Waals surface area (Å²) in [5.41, 5.74) is 9.21. The van der Waals surface area contributed by atoms with E-state index in [0.29, 0.717) is 0 Å². The van der Waals surface area contributed by atoms with Crippen LogP contribution in [0.1, 0.15) is 55.6 Å². The van der Waals surface area contributed by atoms with Crippen molar-refractivity contribution in [2.45, 2.75) is 56.1 Å². The van der Waals surface area contributed by atoms with Crippen molar-refractivity contribution >= 4 is 0 Å². The molecule has 0 bridgehead atoms. The number of aliphatic hydroxyl groups is 1. The number of hydrogen-bond acceptors (Lipinski definition) is 2. The minimum Gasteiger partial charge on any atom is -0.393 e. The third-order valence-electron chi connectivity index (χ3n) is 4.36. The van der Waals surface area contributed by atoms with Crippen molar-refractivity contribution in [3.05, 3.63) is 35.4 Å². The van der Waals surface area contributed by atoms with Crippen LogP contribution in [0.5, 0.6) is 0 Å². The van der Waals surface area contributed by atoms with E-state index in [1.165, 1.54) is 24.0 Å². The maximum atomic E-state index is 9.62. The van der Waals surface area contributed by atoms with Gasteiger partial charge in [-0.1, -0.05) is 24.3 Å². The summed E-state index contributed by atoms with van der Waals surface area (Å²) in [6, 6.07) is 8.66. The summed E-state index contributed by atoms with van der Waals surface area (Å²) in [5.74, 6) is 0.749. The molecule has 2 aliphatic rings. The zero-order chi connectivity index (χ0) is 11.9. The predicted octanol–water partition coefficient (Wildman–Crippen LogP) is 2.65. The molecule has 0 aromatic heterocycles. The minimum absolute atomic E-state index is 0.139. The molecule has 0 unspecified atom stereocenters. The van der Waals surface area contributed by atoms with Gasteiger partial charge < -0.3 is 10.8 Å². The van der Waals surface area contributed by atoms with Gasteiger partial charge in [0.2, 0.25) is 0 Å². The Balaban J connectivity index is 1.92. The zero-order valence-electron chi connectivity index (χ0n) is 10.2. The first-order chi connectivity index (χ1) is 8.19. The average Bonchev–Trinajstić information content (AvgIpc) is 3.17. The minimum atomic E-state index is -0.196. The highest BCUT2D eigenvalue weighted by molar-refractivity contribution is 5.38. The highest BCUT2D eigenvalue weighted by Crippen LogP contribution is 2.46. The molecule has 1 aromatic carbocycles. The van der Waals surface area contributed by atoms with Gasteiger partial charge in [0.05, 0.1) is 6.10 Å². The fraction of sp³-hybridized carbons (Fsp3) is 0.600. The molecule has 2 nitrogen and oxygen atoms in total. The lowest BCUT2D eigenvalue weighted by Crippen LogP contribution is -2.42. The topological polar surface area (TPSA) is 46.2 Å². The van der Waals surface area contributed by atoms with E-state index in [1.54, 1.807) is 0 Å². The maximum absolute atomic E-state index is 9.62. The van der Waals surface area contributed by atoms with Gasteiger partial charge >= 0.3 is 0 Å². The van der Waals surface area contributed by atoms with Crippen LogP contribution in [-0.4, -0.2) is 11.2 Å². The zero-order valence-corrected chi connectivity index (χ0v) is 10.2. The molecule has 2 fully saturated rings. The molecule has 17 heavy (non-hydrogen) atoms. The Morgan fingerprint density at radius 1 is 1.06 bits per heavy atom. The second kappa shape index (κ2) is 4.11. The van der Waals surface area contributed by atoms with Crippen molar-refractivity contribution in [3.63, 3.8) is 0 Å². The SMILES string of the molecule is NC1(c2ccccc2C2CC2)CCC(O)CC1. The fourth-order valence-corrected chi connectivity index (χ4v) is 3.09. The first kappa shape index (κ1) is 11.2. The summed E-state index contributed by atoms with van der Waals surface area (Å²) < 4.78 is 0. The Morgan fingerprint density at radius 2 is 1.71 bits per heavy atom. The molecular formula is C15H21NO. The predicted molar refractivity (Wildman–Crippen MR) is 68.8 cm³/mol. The van der Waals surface area contributed by atoms with Gasteiger partial charge in [-0.25, -0.2) is 0 Å². The smallest absolute Gasteiger partial charge is 0.0541 e. The lowest BCUT2D eigenvalue weighted by atomic mass is 9.74. The van der Waals surface area contributed by atoms with E-state index >= 15 is 0 Å². The van der Waals surface area contributed by atoms with E-state index in [2.05, 4.69) is 24.3 Å². The average molecular weight is 231 g/mol. The molecule has 0 spiro atoms. The van der Waals surface area contributed by atoms with Gasteiger partial charge in [0, 0.05) is 5.54 Å². The monoisotopic (exact) mass is 231 g/mol. The van der Waals surface area contributed by atoms with Crippen LogP contribution < -0.4 is 5.73 Å². The molecule has 3 N–H and O–H groups in total. The van der Waals surface area contributed by atoms with Gasteiger partial charge in [-0.15, -0.1) is 0 Å². The second-order valence-corrected chi connectivity index (χ2v) is 5.75. The quantitative estimate of drug-likeness (QED) is 0.822. The number of rotatable bonds is 2. The van der Waals surface area contributed by atoms with Crippen molar-refractivity contribution in [2.24, 2.45) is 5.73 Å². The molecule has 2 aliphatic carbocycles. The first-order valence-corrected chi connectivity index (χ1v) is 6.75. The summed E-state index contributed by atoms with van der Waals surface area (Å²) in [6.45, 7) is 0. The van der Waals surface area contributed by atoms with Gasteiger partial charge in [-0.05, 0) is 55.6 Å². The number of nitrogens with two attached hydrogens (primary N) is 1. The summed E-state index contributed by atoms with van der Waals surface area (Å²) in [7, 11) is 0. The third-order valence-corrected chi connectivity index (χ3v) is 4.36. The highest BCUT2D eigenvalue weighted by atomic mass is 16.3. The summed E-state index contributed by atoms with van der Waals surface area (Å²) in [6.07, 6.45) is 6.01. The molecule has 0 saturated heterocycles. The van der Waals surface area contributed by atoms with Crippen LogP contribution in [0.4, 0.5) is 0 Å². The molecule has 0 radical (unpaired) electrons. The Morgan fingerprint density at radius 3 is 2.35 bits per heavy atom. The van der Waals surface area contributed by atoms with E-state index in [4.69, 9.17) is 5.73 Å². The molecular weight excluding hydrogens is 210 g/mol. The first-order valence-electron chi connectivity index (χ1n) is 6.75. The van der Waals surface area contributed by atoms with Gasteiger partial charge in [0.25, 0.3) is 0 Å². The fourth-order valence-electron chi connectivity index (χ4n) is 3.09. The standard InChI is InChI=1S/C15H21NO/c16-15(9-7-12(17)8-10-15)14-4-2-1-3-13(14)11-5-6-11/h1-4,11-12,17H,5-10,16H2. The van der Waals surface area contributed by atoms with Gasteiger partial charge in [0.1, 0.15) is 0 Å². The number of hydrogen-bond donors (Lipinski definition) is 2. The molecule has 92 valence electrons. The van der Waals surface area contributed by atoms with Crippen LogP contribution in [0, 0.1) is 0 Å². The van der Waals surface area contributed by atoms with Crippen molar-refractivity contribution in [3.8, 4) is 0 Å². The molecule has 2 saturated carbocycles. The van der Waals surface area contributed by atoms with E-state index in [1.807, 2.05) is 0 Å². The summed E-state index contributed by atoms with van der Waals surface area (Å²) in [5, 5.41) is 9.62. The summed E-state index contributed by atoms with van der Waals surface area (Å²) >= 11 is 0.